The van der Waals surface area contributed by atoms with Crippen molar-refractivity contribution in [3.63, 3.8) is 0 Å². The average Bonchev–Trinajstić information content (AvgIpc) is 2.42. The molecule has 1 heterocycles. The van der Waals surface area contributed by atoms with E-state index in [1.807, 2.05) is 12.1 Å². The second-order valence-electron chi connectivity index (χ2n) is 2.66. The number of thiol groups is 1. The molecule has 0 amide bonds. The molecule has 0 unspecified atom stereocenters. The van der Waals surface area contributed by atoms with E-state index in [0.717, 1.165) is 21.4 Å². The minimum absolute atomic E-state index is 0.274. The fourth-order valence-electron chi connectivity index (χ4n) is 1.31. The van der Waals surface area contributed by atoms with E-state index >= 15 is 0 Å². The Bertz CT molecular complexity index is 450. The van der Waals surface area contributed by atoms with Gasteiger partial charge in [0, 0.05) is 20.5 Å². The zero-order chi connectivity index (χ0) is 9.42. The molecule has 1 nitrogen and oxygen atoms in total. The molecule has 0 saturated heterocycles. The van der Waals surface area contributed by atoms with Gasteiger partial charge in [-0.05, 0) is 12.1 Å². The third-order valence-electron chi connectivity index (χ3n) is 1.90. The smallest absolute Gasteiger partial charge is 0.183 e. The van der Waals surface area contributed by atoms with Crippen molar-refractivity contribution in [3.05, 3.63) is 28.9 Å². The summed E-state index contributed by atoms with van der Waals surface area (Å²) in [6, 6.07) is 5.43. The lowest BCUT2D eigenvalue weighted by molar-refractivity contribution is 0.278. The zero-order valence-corrected chi connectivity index (χ0v) is 8.33. The van der Waals surface area contributed by atoms with Gasteiger partial charge in [-0.15, -0.1) is 24.0 Å². The van der Waals surface area contributed by atoms with Crippen LogP contribution in [0.2, 0.25) is 0 Å². The van der Waals surface area contributed by atoms with E-state index in [2.05, 4.69) is 12.6 Å². The van der Waals surface area contributed by atoms with Gasteiger partial charge in [-0.25, -0.2) is 0 Å². The van der Waals surface area contributed by atoms with Crippen molar-refractivity contribution < 1.29 is 9.50 Å². The third-order valence-corrected chi connectivity index (χ3v) is 3.26. The molecule has 2 rings (SSSR count). The van der Waals surface area contributed by atoms with Gasteiger partial charge in [-0.2, -0.15) is 4.39 Å². The van der Waals surface area contributed by atoms with E-state index in [1.54, 1.807) is 6.07 Å². The third kappa shape index (κ3) is 1.35. The van der Waals surface area contributed by atoms with Crippen LogP contribution in [0.1, 0.15) is 5.56 Å². The van der Waals surface area contributed by atoms with Gasteiger partial charge in [0.2, 0.25) is 0 Å². The maximum Gasteiger partial charge on any atom is 0.183 e. The first-order valence-electron chi connectivity index (χ1n) is 3.73. The van der Waals surface area contributed by atoms with Crippen LogP contribution in [0.3, 0.4) is 0 Å². The number of hydrogen-bond donors (Lipinski definition) is 2. The van der Waals surface area contributed by atoms with Gasteiger partial charge in [-0.1, -0.05) is 6.07 Å². The highest BCUT2D eigenvalue weighted by atomic mass is 32.1. The summed E-state index contributed by atoms with van der Waals surface area (Å²) in [4.78, 5) is 0.710. The first kappa shape index (κ1) is 8.99. The fraction of sp³-hybridized carbons (Fsp3) is 0.111. The van der Waals surface area contributed by atoms with Crippen molar-refractivity contribution in [1.82, 2.24) is 0 Å². The lowest BCUT2D eigenvalue weighted by Gasteiger charge is -1.96. The molecule has 0 aliphatic heterocycles. The Labute approximate surface area is 84.2 Å². The molecule has 0 spiro atoms. The van der Waals surface area contributed by atoms with Crippen molar-refractivity contribution >= 4 is 34.1 Å². The fourth-order valence-corrected chi connectivity index (χ4v) is 2.69. The zero-order valence-electron chi connectivity index (χ0n) is 6.62. The van der Waals surface area contributed by atoms with E-state index in [0.29, 0.717) is 10.5 Å². The molecule has 0 saturated carbocycles. The van der Waals surface area contributed by atoms with Crippen molar-refractivity contribution in [2.24, 2.45) is 0 Å². The Morgan fingerprint density at radius 1 is 1.46 bits per heavy atom. The number of halogens is 1. The predicted octanol–water partition coefficient (Wildman–Crippen LogP) is 2.82. The highest BCUT2D eigenvalue weighted by Crippen LogP contribution is 2.33. The summed E-state index contributed by atoms with van der Waals surface area (Å²) in [6.45, 7) is -0.274. The minimum atomic E-state index is -0.320. The molecular weight excluding hydrogens is 207 g/mol. The first-order chi connectivity index (χ1) is 6.24. The van der Waals surface area contributed by atoms with E-state index in [9.17, 15) is 4.39 Å². The normalized spacial score (nSPS) is 11.0. The van der Waals surface area contributed by atoms with Gasteiger partial charge in [0.05, 0.1) is 6.61 Å². The van der Waals surface area contributed by atoms with Gasteiger partial charge in [0.15, 0.2) is 5.13 Å². The van der Waals surface area contributed by atoms with Crippen molar-refractivity contribution in [2.45, 2.75) is 11.5 Å². The molecule has 0 bridgehead atoms. The van der Waals surface area contributed by atoms with E-state index in [1.165, 1.54) is 0 Å². The molecule has 4 heteroatoms. The van der Waals surface area contributed by atoms with Crippen molar-refractivity contribution in [3.8, 4) is 0 Å². The quantitative estimate of drug-likeness (QED) is 0.699. The number of aliphatic hydroxyl groups excluding tert-OH is 1. The van der Waals surface area contributed by atoms with Crippen LogP contribution in [0.4, 0.5) is 4.39 Å². The topological polar surface area (TPSA) is 20.2 Å². The highest BCUT2D eigenvalue weighted by molar-refractivity contribution is 7.80. The Balaban J connectivity index is 2.88. The van der Waals surface area contributed by atoms with Crippen LogP contribution in [-0.4, -0.2) is 5.11 Å². The predicted molar refractivity (Wildman–Crippen MR) is 55.0 cm³/mol. The maximum absolute atomic E-state index is 13.2. The van der Waals surface area contributed by atoms with E-state index in [4.69, 9.17) is 5.11 Å². The molecule has 0 atom stereocenters. The van der Waals surface area contributed by atoms with Gasteiger partial charge in [0.25, 0.3) is 0 Å². The second kappa shape index (κ2) is 3.29. The Morgan fingerprint density at radius 3 is 2.92 bits per heavy atom. The van der Waals surface area contributed by atoms with Crippen LogP contribution in [0.25, 0.3) is 10.1 Å². The summed E-state index contributed by atoms with van der Waals surface area (Å²) in [5.41, 5.74) is 0.352. The summed E-state index contributed by atoms with van der Waals surface area (Å²) in [5.74, 6) is 0. The molecule has 13 heavy (non-hydrogen) atoms. The first-order valence-corrected chi connectivity index (χ1v) is 5.00. The van der Waals surface area contributed by atoms with Crippen LogP contribution in [0.15, 0.2) is 23.1 Å². The van der Waals surface area contributed by atoms with Crippen LogP contribution < -0.4 is 0 Å². The molecule has 0 aliphatic carbocycles. The summed E-state index contributed by atoms with van der Waals surface area (Å²) >= 11 is 5.26. The van der Waals surface area contributed by atoms with E-state index < -0.39 is 0 Å². The van der Waals surface area contributed by atoms with E-state index in [-0.39, 0.29) is 11.7 Å². The molecular formula is C9H7FOS2. The molecule has 1 aromatic heterocycles. The van der Waals surface area contributed by atoms with Crippen LogP contribution >= 0.6 is 24.0 Å². The summed E-state index contributed by atoms with van der Waals surface area (Å²) in [6.07, 6.45) is 0. The molecule has 68 valence electrons. The number of hydrogen-bond acceptors (Lipinski definition) is 3. The number of fused-ring (bicyclic) bond motifs is 1. The Hall–Kier alpha value is -0.580. The molecule has 1 aromatic carbocycles. The highest BCUT2D eigenvalue weighted by Gasteiger charge is 2.12. The lowest BCUT2D eigenvalue weighted by atomic mass is 10.2. The lowest BCUT2D eigenvalue weighted by Crippen LogP contribution is -1.83. The van der Waals surface area contributed by atoms with Crippen LogP contribution in [0.5, 0.6) is 0 Å². The van der Waals surface area contributed by atoms with Crippen molar-refractivity contribution in [1.29, 1.82) is 0 Å². The average molecular weight is 214 g/mol. The largest absolute Gasteiger partial charge is 0.392 e. The van der Waals surface area contributed by atoms with Gasteiger partial charge >= 0.3 is 0 Å². The number of rotatable bonds is 1. The minimum Gasteiger partial charge on any atom is -0.392 e. The SMILES string of the molecule is OCc1c(F)sc2cccc(S)c12. The summed E-state index contributed by atoms with van der Waals surface area (Å²) < 4.78 is 14.0. The standard InChI is InChI=1S/C9H7FOS2/c10-9-5(4-11)8-6(12)2-1-3-7(8)13-9/h1-3,11-12H,4H2. The monoisotopic (exact) mass is 214 g/mol. The molecule has 1 N–H and O–H groups in total. The van der Waals surface area contributed by atoms with Gasteiger partial charge < -0.3 is 5.11 Å². The Morgan fingerprint density at radius 2 is 2.23 bits per heavy atom. The molecule has 0 radical (unpaired) electrons. The number of thiophene rings is 1. The van der Waals surface area contributed by atoms with Gasteiger partial charge in [0.1, 0.15) is 0 Å². The van der Waals surface area contributed by atoms with Crippen molar-refractivity contribution in [2.75, 3.05) is 0 Å². The molecule has 2 aromatic rings. The van der Waals surface area contributed by atoms with Gasteiger partial charge in [-0.3, -0.25) is 0 Å². The molecule has 0 fully saturated rings. The van der Waals surface area contributed by atoms with Crippen LogP contribution in [0, 0.1) is 5.13 Å². The molecule has 0 aliphatic rings. The second-order valence-corrected chi connectivity index (χ2v) is 4.15. The summed E-state index contributed by atoms with van der Waals surface area (Å²) in [5, 5.41) is 9.37. The number of aliphatic hydroxyl groups is 1. The summed E-state index contributed by atoms with van der Waals surface area (Å²) in [7, 11) is 0. The Kier molecular flexibility index (Phi) is 2.27. The van der Waals surface area contributed by atoms with Crippen LogP contribution in [-0.2, 0) is 6.61 Å². The maximum atomic E-state index is 13.2. The number of benzene rings is 1.